The Hall–Kier alpha value is -3.81. The molecule has 1 aromatic heterocycles. The van der Waals surface area contributed by atoms with Gasteiger partial charge in [-0.2, -0.15) is 5.26 Å². The van der Waals surface area contributed by atoms with Gasteiger partial charge in [0.05, 0.1) is 24.1 Å². The molecule has 0 unspecified atom stereocenters. The van der Waals surface area contributed by atoms with E-state index in [9.17, 15) is 5.26 Å². The molecule has 0 saturated carbocycles. The van der Waals surface area contributed by atoms with Crippen molar-refractivity contribution in [2.75, 3.05) is 13.7 Å². The lowest BCUT2D eigenvalue weighted by atomic mass is 9.84. The Labute approximate surface area is 202 Å². The van der Waals surface area contributed by atoms with E-state index in [4.69, 9.17) is 14.9 Å². The van der Waals surface area contributed by atoms with Crippen molar-refractivity contribution < 1.29 is 9.15 Å². The van der Waals surface area contributed by atoms with Crippen LogP contribution in [0.25, 0.3) is 22.6 Å². The molecule has 0 aliphatic carbocycles. The highest BCUT2D eigenvalue weighted by atomic mass is 16.5. The molecule has 4 nitrogen and oxygen atoms in total. The molecule has 3 aromatic carbocycles. The molecule has 0 spiro atoms. The molecule has 0 aliphatic heterocycles. The molecule has 2 N–H and O–H groups in total. The van der Waals surface area contributed by atoms with Crippen LogP contribution in [0, 0.1) is 11.3 Å². The van der Waals surface area contributed by atoms with Crippen LogP contribution in [0.3, 0.4) is 0 Å². The number of nitrogens with two attached hydrogens (primary N) is 1. The van der Waals surface area contributed by atoms with Gasteiger partial charge in [-0.15, -0.1) is 0 Å². The van der Waals surface area contributed by atoms with Crippen molar-refractivity contribution in [1.29, 1.82) is 5.26 Å². The second-order valence-electron chi connectivity index (χ2n) is 8.73. The van der Waals surface area contributed by atoms with Crippen molar-refractivity contribution in [3.63, 3.8) is 0 Å². The minimum Gasteiger partial charge on any atom is -0.493 e. The SMILES string of the molecule is CCc1ccc(/C=C(\C#N)c2ccc(C(C)(C)CN)cc2)cc1.COc1coc2ccccc12. The van der Waals surface area contributed by atoms with E-state index >= 15 is 0 Å². The van der Waals surface area contributed by atoms with Crippen LogP contribution in [-0.4, -0.2) is 13.7 Å². The molecule has 174 valence electrons. The Morgan fingerprint density at radius 3 is 2.29 bits per heavy atom. The smallest absolute Gasteiger partial charge is 0.164 e. The normalized spacial score (nSPS) is 11.5. The summed E-state index contributed by atoms with van der Waals surface area (Å²) in [4.78, 5) is 0. The summed E-state index contributed by atoms with van der Waals surface area (Å²) in [6.45, 7) is 6.98. The minimum atomic E-state index is -0.0506. The van der Waals surface area contributed by atoms with Crippen LogP contribution in [0.5, 0.6) is 5.75 Å². The van der Waals surface area contributed by atoms with Gasteiger partial charge in [-0.1, -0.05) is 81.4 Å². The Balaban J connectivity index is 0.000000243. The molecule has 0 aliphatic rings. The van der Waals surface area contributed by atoms with E-state index in [1.54, 1.807) is 13.4 Å². The van der Waals surface area contributed by atoms with Gasteiger partial charge in [-0.3, -0.25) is 0 Å². The van der Waals surface area contributed by atoms with E-state index in [1.165, 1.54) is 11.1 Å². The number of benzene rings is 3. The van der Waals surface area contributed by atoms with Gasteiger partial charge < -0.3 is 14.9 Å². The first kappa shape index (κ1) is 24.8. The molecule has 0 amide bonds. The molecule has 0 saturated heterocycles. The molecule has 4 rings (SSSR count). The molecule has 34 heavy (non-hydrogen) atoms. The first-order valence-electron chi connectivity index (χ1n) is 11.4. The minimum absolute atomic E-state index is 0.0506. The summed E-state index contributed by atoms with van der Waals surface area (Å²) < 4.78 is 10.3. The number of methoxy groups -OCH3 is 1. The number of rotatable bonds is 6. The first-order chi connectivity index (χ1) is 16.4. The Kier molecular flexibility index (Phi) is 8.29. The fourth-order valence-electron chi connectivity index (χ4n) is 3.53. The lowest BCUT2D eigenvalue weighted by molar-refractivity contribution is 0.410. The van der Waals surface area contributed by atoms with Gasteiger partial charge in [0.15, 0.2) is 5.75 Å². The summed E-state index contributed by atoms with van der Waals surface area (Å²) in [5.41, 5.74) is 11.8. The Bertz CT molecular complexity index is 1270. The van der Waals surface area contributed by atoms with Crippen molar-refractivity contribution in [1.82, 2.24) is 0 Å². The third-order valence-corrected chi connectivity index (χ3v) is 5.97. The largest absolute Gasteiger partial charge is 0.493 e. The molecule has 4 heteroatoms. The van der Waals surface area contributed by atoms with Crippen LogP contribution in [0.2, 0.25) is 0 Å². The van der Waals surface area contributed by atoms with Gasteiger partial charge in [0.1, 0.15) is 11.8 Å². The topological polar surface area (TPSA) is 72.2 Å². The summed E-state index contributed by atoms with van der Waals surface area (Å²) >= 11 is 0. The molecular weight excluding hydrogens is 420 g/mol. The predicted octanol–water partition coefficient (Wildman–Crippen LogP) is 6.99. The zero-order valence-corrected chi connectivity index (χ0v) is 20.3. The van der Waals surface area contributed by atoms with Crippen molar-refractivity contribution >= 4 is 22.6 Å². The van der Waals surface area contributed by atoms with E-state index in [1.807, 2.05) is 42.5 Å². The highest BCUT2D eigenvalue weighted by Crippen LogP contribution is 2.27. The summed E-state index contributed by atoms with van der Waals surface area (Å²) in [5, 5.41) is 10.5. The maximum atomic E-state index is 9.48. The number of nitrogens with zero attached hydrogens (tertiary/aromatic N) is 1. The van der Waals surface area contributed by atoms with E-state index in [-0.39, 0.29) is 5.41 Å². The number of furan rings is 1. The number of fused-ring (bicyclic) bond motifs is 1. The third kappa shape index (κ3) is 5.95. The Morgan fingerprint density at radius 2 is 1.71 bits per heavy atom. The van der Waals surface area contributed by atoms with Crippen LogP contribution < -0.4 is 10.5 Å². The van der Waals surface area contributed by atoms with E-state index < -0.39 is 0 Å². The molecule has 0 bridgehead atoms. The van der Waals surface area contributed by atoms with Crippen LogP contribution in [0.1, 0.15) is 43.0 Å². The second kappa shape index (κ2) is 11.4. The Morgan fingerprint density at radius 1 is 1.03 bits per heavy atom. The van der Waals surface area contributed by atoms with Crippen LogP contribution in [0.15, 0.2) is 83.5 Å². The van der Waals surface area contributed by atoms with Gasteiger partial charge in [0, 0.05) is 12.0 Å². The van der Waals surface area contributed by atoms with Gasteiger partial charge in [0.25, 0.3) is 0 Å². The monoisotopic (exact) mass is 452 g/mol. The number of nitriles is 1. The second-order valence-corrected chi connectivity index (χ2v) is 8.73. The average Bonchev–Trinajstić information content (AvgIpc) is 3.31. The van der Waals surface area contributed by atoms with E-state index in [0.29, 0.717) is 12.1 Å². The van der Waals surface area contributed by atoms with E-state index in [2.05, 4.69) is 63.2 Å². The molecular formula is C30H32N2O2. The molecule has 4 aromatic rings. The molecule has 1 heterocycles. The van der Waals surface area contributed by atoms with Crippen molar-refractivity contribution in [3.05, 3.63) is 101 Å². The van der Waals surface area contributed by atoms with Crippen LogP contribution in [-0.2, 0) is 11.8 Å². The van der Waals surface area contributed by atoms with Crippen LogP contribution in [0.4, 0.5) is 0 Å². The highest BCUT2D eigenvalue weighted by molar-refractivity contribution is 5.89. The number of hydrogen-bond acceptors (Lipinski definition) is 4. The lowest BCUT2D eigenvalue weighted by Crippen LogP contribution is -2.27. The summed E-state index contributed by atoms with van der Waals surface area (Å²) in [7, 11) is 1.64. The average molecular weight is 453 g/mol. The van der Waals surface area contributed by atoms with Crippen LogP contribution >= 0.6 is 0 Å². The number of hydrogen-bond donors (Lipinski definition) is 1. The maximum Gasteiger partial charge on any atom is 0.164 e. The predicted molar refractivity (Wildman–Crippen MR) is 141 cm³/mol. The first-order valence-corrected chi connectivity index (χ1v) is 11.4. The molecule has 0 fully saturated rings. The molecule has 0 radical (unpaired) electrons. The number of ether oxygens (including phenoxy) is 1. The van der Waals surface area contributed by atoms with Gasteiger partial charge in [0.2, 0.25) is 0 Å². The zero-order chi connectivity index (χ0) is 24.6. The third-order valence-electron chi connectivity index (χ3n) is 5.97. The van der Waals surface area contributed by atoms with Crippen molar-refractivity contribution in [2.24, 2.45) is 5.73 Å². The van der Waals surface area contributed by atoms with Gasteiger partial charge in [-0.05, 0) is 46.9 Å². The summed E-state index contributed by atoms with van der Waals surface area (Å²) in [6, 6.07) is 26.5. The lowest BCUT2D eigenvalue weighted by Gasteiger charge is -2.23. The fraction of sp³-hybridized carbons (Fsp3) is 0.233. The quantitative estimate of drug-likeness (QED) is 0.253. The zero-order valence-electron chi connectivity index (χ0n) is 20.3. The maximum absolute atomic E-state index is 9.48. The summed E-state index contributed by atoms with van der Waals surface area (Å²) in [6.07, 6.45) is 4.57. The standard InChI is InChI=1S/C21H24N2.C9H8O2/c1-4-16-5-7-17(8-6-16)13-19(14-22)18-9-11-20(12-10-18)21(2,3)15-23;1-10-9-6-11-8-5-3-2-4-7(8)9/h5-13H,4,15,23H2,1-3H3;2-6H,1H3/b19-13+;. The number of para-hydroxylation sites is 1. The van der Waals surface area contributed by atoms with E-state index in [0.717, 1.165) is 34.3 Å². The van der Waals surface area contributed by atoms with Crippen molar-refractivity contribution in [2.45, 2.75) is 32.6 Å². The van der Waals surface area contributed by atoms with Gasteiger partial charge >= 0.3 is 0 Å². The highest BCUT2D eigenvalue weighted by Gasteiger charge is 2.18. The number of allylic oxidation sites excluding steroid dienone is 1. The summed E-state index contributed by atoms with van der Waals surface area (Å²) in [5.74, 6) is 0.792. The molecule has 0 atom stereocenters. The number of aryl methyl sites for hydroxylation is 1. The van der Waals surface area contributed by atoms with Crippen molar-refractivity contribution in [3.8, 4) is 11.8 Å². The van der Waals surface area contributed by atoms with Gasteiger partial charge in [-0.25, -0.2) is 0 Å². The fourth-order valence-corrected chi connectivity index (χ4v) is 3.53.